The van der Waals surface area contributed by atoms with Gasteiger partial charge in [0.1, 0.15) is 12.8 Å². The molecule has 0 rings (SSSR count). The fourth-order valence-corrected chi connectivity index (χ4v) is 2.40. The Labute approximate surface area is 165 Å². The molecule has 0 aliphatic rings. The van der Waals surface area contributed by atoms with Crippen LogP contribution in [0.5, 0.6) is 0 Å². The Bertz CT molecular complexity index is 545. The van der Waals surface area contributed by atoms with Crippen LogP contribution in [-0.2, 0) is 10.1 Å². The topological polar surface area (TPSA) is 57.2 Å². The molecule has 0 aliphatic heterocycles. The molecular weight excluding hydrogens is 440 g/mol. The molecule has 0 spiro atoms. The van der Waals surface area contributed by atoms with Crippen LogP contribution in [0.3, 0.4) is 0 Å². The summed E-state index contributed by atoms with van der Waals surface area (Å²) in [4.78, 5) is 0. The summed E-state index contributed by atoms with van der Waals surface area (Å²) >= 11 is 0. The van der Waals surface area contributed by atoms with Gasteiger partial charge in [0.25, 0.3) is 0 Å². The van der Waals surface area contributed by atoms with Gasteiger partial charge < -0.3 is 4.55 Å². The Morgan fingerprint density at radius 3 is 1.07 bits per heavy atom. The number of hydrogen-bond acceptors (Lipinski definition) is 3. The average Bonchev–Trinajstić information content (AvgIpc) is 2.60. The number of halogens is 11. The summed E-state index contributed by atoms with van der Waals surface area (Å²) in [5.41, 5.74) is 0. The monoisotopic (exact) mass is 454 g/mol. The van der Waals surface area contributed by atoms with Crippen LogP contribution < -0.4 is 18.9 Å². The number of alkyl halides is 11. The van der Waals surface area contributed by atoms with Crippen LogP contribution in [0.1, 0.15) is 0 Å². The van der Waals surface area contributed by atoms with Gasteiger partial charge in [-0.1, -0.05) is 0 Å². The standard InChI is InChI=1S/C12H15F11O3S.Li/c13-1-3(14)5(16)7(18)9(20)11(22)12(23)10(21)8(19)6(17)4(15)2-27(24,25)26;/h3-12H,1-2H2,(H,24,25,26);/q;+1/p-1. The zero-order valence-corrected chi connectivity index (χ0v) is 14.8. The summed E-state index contributed by atoms with van der Waals surface area (Å²) in [7, 11) is -5.45. The summed E-state index contributed by atoms with van der Waals surface area (Å²) in [6.07, 6.45) is -38.1. The first-order valence-electron chi connectivity index (χ1n) is 7.05. The van der Waals surface area contributed by atoms with E-state index in [1.807, 2.05) is 0 Å². The molecule has 164 valence electrons. The third kappa shape index (κ3) is 8.62. The van der Waals surface area contributed by atoms with E-state index in [0.29, 0.717) is 0 Å². The first-order valence-corrected chi connectivity index (χ1v) is 8.63. The minimum absolute atomic E-state index is 0. The molecule has 10 unspecified atom stereocenters. The van der Waals surface area contributed by atoms with E-state index in [4.69, 9.17) is 0 Å². The molecule has 10 atom stereocenters. The van der Waals surface area contributed by atoms with E-state index >= 15 is 0 Å². The molecule has 0 heterocycles. The Kier molecular flexibility index (Phi) is 13.3. The second kappa shape index (κ2) is 12.4. The zero-order valence-electron chi connectivity index (χ0n) is 14.0. The minimum Gasteiger partial charge on any atom is -0.748 e. The quantitative estimate of drug-likeness (QED) is 0.235. The second-order valence-electron chi connectivity index (χ2n) is 5.47. The molecule has 0 N–H and O–H groups in total. The van der Waals surface area contributed by atoms with Gasteiger partial charge in [0, 0.05) is 0 Å². The maximum atomic E-state index is 13.4. The fraction of sp³-hybridized carbons (Fsp3) is 1.00. The van der Waals surface area contributed by atoms with Crippen molar-refractivity contribution in [1.82, 2.24) is 0 Å². The number of hydrogen-bond donors (Lipinski definition) is 0. The zero-order chi connectivity index (χ0) is 21.7. The second-order valence-corrected chi connectivity index (χ2v) is 6.91. The van der Waals surface area contributed by atoms with Gasteiger partial charge in [-0.05, 0) is 0 Å². The third-order valence-corrected chi connectivity index (χ3v) is 4.06. The molecule has 0 aliphatic carbocycles. The van der Waals surface area contributed by atoms with E-state index in [-0.39, 0.29) is 18.9 Å². The van der Waals surface area contributed by atoms with Crippen LogP contribution in [0.2, 0.25) is 0 Å². The molecule has 3 nitrogen and oxygen atoms in total. The van der Waals surface area contributed by atoms with Crippen molar-refractivity contribution in [3.63, 3.8) is 0 Å². The average molecular weight is 454 g/mol. The largest absolute Gasteiger partial charge is 1.00 e. The van der Waals surface area contributed by atoms with E-state index in [1.165, 1.54) is 0 Å². The van der Waals surface area contributed by atoms with Crippen LogP contribution in [0.25, 0.3) is 0 Å². The molecule has 16 heteroatoms. The van der Waals surface area contributed by atoms with Crippen molar-refractivity contribution < 1.29 is 80.1 Å². The molecule has 0 aromatic rings. The molecular formula is C12H14F11LiO3S. The van der Waals surface area contributed by atoms with Gasteiger partial charge >= 0.3 is 18.9 Å². The summed E-state index contributed by atoms with van der Waals surface area (Å²) in [6.45, 7) is -2.16. The summed E-state index contributed by atoms with van der Waals surface area (Å²) in [5.74, 6) is -2.18. The molecule has 0 saturated carbocycles. The fourth-order valence-electron chi connectivity index (χ4n) is 1.82. The first-order chi connectivity index (χ1) is 12.2. The summed E-state index contributed by atoms with van der Waals surface area (Å²) in [5, 5.41) is 0. The normalized spacial score (nSPS) is 23.3. The SMILES string of the molecule is O=S(=O)([O-])CC(F)C(F)C(F)C(F)C(F)C(F)C(F)C(F)C(F)C(F)CF.[Li+]. The van der Waals surface area contributed by atoms with Crippen molar-refractivity contribution in [2.75, 3.05) is 12.4 Å². The predicted molar refractivity (Wildman–Crippen MR) is 69.5 cm³/mol. The van der Waals surface area contributed by atoms with Crippen molar-refractivity contribution in [3.05, 3.63) is 0 Å². The van der Waals surface area contributed by atoms with Gasteiger partial charge in [-0.2, -0.15) is 0 Å². The maximum Gasteiger partial charge on any atom is 1.00 e. The molecule has 0 saturated heterocycles. The van der Waals surface area contributed by atoms with Gasteiger partial charge in [0.05, 0.1) is 15.9 Å². The van der Waals surface area contributed by atoms with Crippen LogP contribution >= 0.6 is 0 Å². The molecule has 0 aromatic carbocycles. The van der Waals surface area contributed by atoms with Crippen molar-refractivity contribution in [1.29, 1.82) is 0 Å². The van der Waals surface area contributed by atoms with Crippen molar-refractivity contribution >= 4 is 10.1 Å². The van der Waals surface area contributed by atoms with E-state index < -0.39 is 84.3 Å². The molecule has 0 bridgehead atoms. The predicted octanol–water partition coefficient (Wildman–Crippen LogP) is -0.114. The van der Waals surface area contributed by atoms with E-state index in [2.05, 4.69) is 0 Å². The van der Waals surface area contributed by atoms with Gasteiger partial charge in [0.15, 0.2) is 55.5 Å². The Balaban J connectivity index is 0. The van der Waals surface area contributed by atoms with Gasteiger partial charge in [-0.15, -0.1) is 0 Å². The van der Waals surface area contributed by atoms with E-state index in [1.54, 1.807) is 0 Å². The van der Waals surface area contributed by atoms with Crippen molar-refractivity contribution in [2.45, 2.75) is 61.7 Å². The van der Waals surface area contributed by atoms with E-state index in [9.17, 15) is 61.3 Å². The Hall–Kier alpha value is -0.263. The minimum atomic E-state index is -5.45. The smallest absolute Gasteiger partial charge is 0.748 e. The van der Waals surface area contributed by atoms with Crippen molar-refractivity contribution in [3.8, 4) is 0 Å². The third-order valence-electron chi connectivity index (χ3n) is 3.33. The van der Waals surface area contributed by atoms with Crippen LogP contribution in [-0.4, -0.2) is 87.1 Å². The van der Waals surface area contributed by atoms with Crippen molar-refractivity contribution in [2.24, 2.45) is 0 Å². The van der Waals surface area contributed by atoms with Crippen LogP contribution in [0.4, 0.5) is 48.3 Å². The molecule has 0 radical (unpaired) electrons. The van der Waals surface area contributed by atoms with Gasteiger partial charge in [0.2, 0.25) is 0 Å². The van der Waals surface area contributed by atoms with Gasteiger partial charge in [-0.3, -0.25) is 0 Å². The van der Waals surface area contributed by atoms with E-state index in [0.717, 1.165) is 0 Å². The van der Waals surface area contributed by atoms with Gasteiger partial charge in [-0.25, -0.2) is 56.7 Å². The summed E-state index contributed by atoms with van der Waals surface area (Å²) in [6, 6.07) is 0. The molecule has 0 aromatic heterocycles. The Morgan fingerprint density at radius 1 is 0.571 bits per heavy atom. The molecule has 0 fully saturated rings. The first kappa shape index (κ1) is 29.9. The van der Waals surface area contributed by atoms with Crippen LogP contribution in [0.15, 0.2) is 0 Å². The molecule has 0 amide bonds. The molecule has 28 heavy (non-hydrogen) atoms. The summed E-state index contributed by atoms with van der Waals surface area (Å²) < 4.78 is 174. The number of rotatable bonds is 12. The Morgan fingerprint density at radius 2 is 0.821 bits per heavy atom. The maximum absolute atomic E-state index is 13.4. The van der Waals surface area contributed by atoms with Crippen LogP contribution in [0, 0.1) is 0 Å².